The van der Waals surface area contributed by atoms with Gasteiger partial charge in [0.15, 0.2) is 0 Å². The number of anilines is 3. The average Bonchev–Trinajstić information content (AvgIpc) is 3.61. The van der Waals surface area contributed by atoms with Gasteiger partial charge in [0.05, 0.1) is 0 Å². The van der Waals surface area contributed by atoms with Gasteiger partial charge in [-0.3, -0.25) is 0 Å². The number of fused-ring (bicyclic) bond motifs is 7. The largest absolute Gasteiger partial charge is 0.310 e. The van der Waals surface area contributed by atoms with Crippen LogP contribution in [0.15, 0.2) is 176 Å². The Bertz CT molecular complexity index is 3130. The summed E-state index contributed by atoms with van der Waals surface area (Å²) in [5.41, 5.74) is 16.7. The smallest absolute Gasteiger partial charge is 0.0473 e. The Morgan fingerprint density at radius 1 is 0.298 bits per heavy atom. The summed E-state index contributed by atoms with van der Waals surface area (Å²) in [4.78, 5) is 2.50. The fourth-order valence-electron chi connectivity index (χ4n) is 10.6. The quantitative estimate of drug-likeness (QED) is 0.163. The lowest BCUT2D eigenvalue weighted by molar-refractivity contribution is 0.660. The summed E-state index contributed by atoms with van der Waals surface area (Å²) in [6.07, 6.45) is 0. The second-order valence-corrected chi connectivity index (χ2v) is 17.4. The monoisotopic (exact) mass is 727 g/mol. The van der Waals surface area contributed by atoms with Crippen LogP contribution in [0.1, 0.15) is 49.9 Å². The van der Waals surface area contributed by atoms with Crippen LogP contribution in [0.2, 0.25) is 0 Å². The van der Waals surface area contributed by atoms with Crippen molar-refractivity contribution in [2.45, 2.75) is 38.5 Å². The fourth-order valence-corrected chi connectivity index (χ4v) is 10.6. The lowest BCUT2D eigenvalue weighted by Crippen LogP contribution is -2.18. The highest BCUT2D eigenvalue weighted by Gasteiger charge is 2.37. The minimum Gasteiger partial charge on any atom is -0.310 e. The van der Waals surface area contributed by atoms with Crippen molar-refractivity contribution in [3.05, 3.63) is 198 Å². The second-order valence-electron chi connectivity index (χ2n) is 17.4. The second kappa shape index (κ2) is 11.4. The van der Waals surface area contributed by atoms with E-state index in [4.69, 9.17) is 0 Å². The third kappa shape index (κ3) is 4.57. The summed E-state index contributed by atoms with van der Waals surface area (Å²) >= 11 is 0. The molecule has 0 saturated heterocycles. The molecule has 0 aliphatic heterocycles. The Balaban J connectivity index is 1.05. The van der Waals surface area contributed by atoms with E-state index in [0.29, 0.717) is 0 Å². The molecule has 1 heteroatoms. The van der Waals surface area contributed by atoms with E-state index in [9.17, 15) is 0 Å². The van der Waals surface area contributed by atoms with E-state index in [-0.39, 0.29) is 10.8 Å². The highest BCUT2D eigenvalue weighted by atomic mass is 15.1. The molecule has 0 fully saturated rings. The molecule has 12 rings (SSSR count). The summed E-state index contributed by atoms with van der Waals surface area (Å²) < 4.78 is 0. The Morgan fingerprint density at radius 2 is 0.719 bits per heavy atom. The van der Waals surface area contributed by atoms with Crippen molar-refractivity contribution < 1.29 is 0 Å². The van der Waals surface area contributed by atoms with Crippen LogP contribution in [0, 0.1) is 0 Å². The molecular weight excluding hydrogens is 687 g/mol. The van der Waals surface area contributed by atoms with Crippen LogP contribution in [-0.2, 0) is 10.8 Å². The van der Waals surface area contributed by atoms with Gasteiger partial charge in [-0.1, -0.05) is 149 Å². The molecule has 57 heavy (non-hydrogen) atoms. The van der Waals surface area contributed by atoms with E-state index >= 15 is 0 Å². The van der Waals surface area contributed by atoms with Gasteiger partial charge >= 0.3 is 0 Å². The summed E-state index contributed by atoms with van der Waals surface area (Å²) in [5.74, 6) is 0. The normalized spacial score (nSPS) is 14.6. The van der Waals surface area contributed by atoms with Crippen molar-refractivity contribution in [3.63, 3.8) is 0 Å². The molecule has 1 nitrogen and oxygen atoms in total. The van der Waals surface area contributed by atoms with Crippen LogP contribution in [0.5, 0.6) is 0 Å². The molecule has 0 saturated carbocycles. The van der Waals surface area contributed by atoms with Crippen molar-refractivity contribution in [1.29, 1.82) is 0 Å². The van der Waals surface area contributed by atoms with E-state index in [2.05, 4.69) is 209 Å². The van der Waals surface area contributed by atoms with E-state index in [1.807, 2.05) is 0 Å². The van der Waals surface area contributed by atoms with Crippen LogP contribution in [0.3, 0.4) is 0 Å². The first kappa shape index (κ1) is 32.5. The SMILES string of the molecule is CC1(C)c2ccccc2-c2ccc(N(c3ccc4c(c3)C(C)(C)c3ccccc3-4)c3cc4ccc5cc(-c6ccc7ccccc7c6)cc6ccc(c3)c4c56)cc21. The van der Waals surface area contributed by atoms with Crippen molar-refractivity contribution >= 4 is 60.2 Å². The van der Waals surface area contributed by atoms with E-state index in [0.717, 1.165) is 0 Å². The molecule has 0 heterocycles. The number of benzene rings is 10. The Morgan fingerprint density at radius 3 is 1.26 bits per heavy atom. The van der Waals surface area contributed by atoms with Crippen molar-refractivity contribution in [3.8, 4) is 33.4 Å². The zero-order chi connectivity index (χ0) is 38.2. The lowest BCUT2D eigenvalue weighted by Gasteiger charge is -2.30. The highest BCUT2D eigenvalue weighted by Crippen LogP contribution is 2.53. The summed E-state index contributed by atoms with van der Waals surface area (Å²) in [7, 11) is 0. The molecule has 0 amide bonds. The highest BCUT2D eigenvalue weighted by molar-refractivity contribution is 6.24. The average molecular weight is 728 g/mol. The standard InChI is InChI=1S/C56H41N/c1-55(2)49-15-9-7-13-45(49)47-25-23-42(32-51(47)55)57(43-24-26-48-46-14-8-10-16-50(46)56(3,4)52(48)33-43)44-30-39-21-19-37-28-41(29-38-20-22-40(31-44)54(39)53(37)38)36-18-17-34-11-5-6-12-35(34)27-36/h5-33H,1-4H3. The van der Waals surface area contributed by atoms with Crippen LogP contribution in [0.4, 0.5) is 17.1 Å². The number of rotatable bonds is 4. The lowest BCUT2D eigenvalue weighted by atomic mass is 9.82. The van der Waals surface area contributed by atoms with E-state index in [1.54, 1.807) is 0 Å². The molecule has 2 aliphatic carbocycles. The first-order valence-corrected chi connectivity index (χ1v) is 20.2. The van der Waals surface area contributed by atoms with Crippen LogP contribution in [-0.4, -0.2) is 0 Å². The predicted octanol–water partition coefficient (Wildman–Crippen LogP) is 15.5. The minimum absolute atomic E-state index is 0.103. The maximum Gasteiger partial charge on any atom is 0.0473 e. The van der Waals surface area contributed by atoms with Gasteiger partial charge < -0.3 is 4.90 Å². The third-order valence-electron chi connectivity index (χ3n) is 13.5. The summed E-state index contributed by atoms with van der Waals surface area (Å²) in [5, 5.41) is 10.3. The molecule has 0 atom stereocenters. The molecule has 0 aromatic heterocycles. The molecule has 0 unspecified atom stereocenters. The molecular formula is C56H41N. The maximum absolute atomic E-state index is 2.50. The first-order chi connectivity index (χ1) is 27.7. The zero-order valence-electron chi connectivity index (χ0n) is 32.7. The summed E-state index contributed by atoms with van der Waals surface area (Å²) in [6, 6.07) is 66.5. The van der Waals surface area contributed by atoms with Crippen LogP contribution < -0.4 is 4.90 Å². The minimum atomic E-state index is -0.103. The van der Waals surface area contributed by atoms with Gasteiger partial charge in [0.25, 0.3) is 0 Å². The fraction of sp³-hybridized carbons (Fsp3) is 0.107. The third-order valence-corrected chi connectivity index (χ3v) is 13.5. The van der Waals surface area contributed by atoms with Gasteiger partial charge in [0.2, 0.25) is 0 Å². The Kier molecular flexibility index (Phi) is 6.53. The maximum atomic E-state index is 2.50. The number of nitrogens with zero attached hydrogens (tertiary/aromatic N) is 1. The van der Waals surface area contributed by atoms with E-state index < -0.39 is 0 Å². The zero-order valence-corrected chi connectivity index (χ0v) is 32.7. The van der Waals surface area contributed by atoms with Crippen LogP contribution in [0.25, 0.3) is 76.5 Å². The molecule has 0 bridgehead atoms. The van der Waals surface area contributed by atoms with Crippen molar-refractivity contribution in [1.82, 2.24) is 0 Å². The van der Waals surface area contributed by atoms with Gasteiger partial charge in [0, 0.05) is 27.9 Å². The van der Waals surface area contributed by atoms with E-state index in [1.165, 1.54) is 116 Å². The summed E-state index contributed by atoms with van der Waals surface area (Å²) in [6.45, 7) is 9.50. The molecule has 0 spiro atoms. The first-order valence-electron chi connectivity index (χ1n) is 20.2. The van der Waals surface area contributed by atoms with Gasteiger partial charge in [-0.15, -0.1) is 0 Å². The van der Waals surface area contributed by atoms with Crippen LogP contribution >= 0.6 is 0 Å². The van der Waals surface area contributed by atoms with Crippen molar-refractivity contribution in [2.24, 2.45) is 0 Å². The van der Waals surface area contributed by atoms with Gasteiger partial charge in [-0.05, 0) is 153 Å². The molecule has 0 N–H and O–H groups in total. The molecule has 10 aromatic carbocycles. The Hall–Kier alpha value is -6.70. The predicted molar refractivity (Wildman–Crippen MR) is 243 cm³/mol. The van der Waals surface area contributed by atoms with Gasteiger partial charge in [-0.2, -0.15) is 0 Å². The molecule has 10 aromatic rings. The Labute approximate surface area is 333 Å². The molecule has 0 radical (unpaired) electrons. The van der Waals surface area contributed by atoms with Gasteiger partial charge in [0.1, 0.15) is 0 Å². The van der Waals surface area contributed by atoms with Crippen molar-refractivity contribution in [2.75, 3.05) is 4.90 Å². The molecule has 270 valence electrons. The number of hydrogen-bond donors (Lipinski definition) is 0. The topological polar surface area (TPSA) is 3.24 Å². The molecule has 2 aliphatic rings. The number of hydrogen-bond acceptors (Lipinski definition) is 1. The van der Waals surface area contributed by atoms with Gasteiger partial charge in [-0.25, -0.2) is 0 Å².